The molecule has 0 N–H and O–H groups in total. The average molecular weight is 425 g/mol. The maximum Gasteiger partial charge on any atom is 0.173 e. The minimum absolute atomic E-state index is 0.0724. The van der Waals surface area contributed by atoms with Gasteiger partial charge in [-0.3, -0.25) is 4.90 Å². The van der Waals surface area contributed by atoms with E-state index in [1.807, 2.05) is 22.9 Å². The molecule has 2 heterocycles. The summed E-state index contributed by atoms with van der Waals surface area (Å²) in [7, 11) is 0. The van der Waals surface area contributed by atoms with Gasteiger partial charge in [-0.25, -0.2) is 4.68 Å². The number of benzene rings is 2. The van der Waals surface area contributed by atoms with E-state index in [2.05, 4.69) is 77.3 Å². The van der Waals surface area contributed by atoms with Crippen molar-refractivity contribution in [1.82, 2.24) is 25.1 Å². The quantitative estimate of drug-likeness (QED) is 0.606. The van der Waals surface area contributed by atoms with Gasteiger partial charge in [0.1, 0.15) is 0 Å². The smallest absolute Gasteiger partial charge is 0.173 e. The van der Waals surface area contributed by atoms with E-state index >= 15 is 0 Å². The highest BCUT2D eigenvalue weighted by Crippen LogP contribution is 2.34. The number of halogens is 1. The molecule has 1 aromatic heterocycles. The summed E-state index contributed by atoms with van der Waals surface area (Å²) in [5.41, 5.74) is 5.07. The van der Waals surface area contributed by atoms with Crippen LogP contribution in [0.1, 0.15) is 48.4 Å². The van der Waals surface area contributed by atoms with E-state index in [4.69, 9.17) is 11.6 Å². The van der Waals surface area contributed by atoms with E-state index in [-0.39, 0.29) is 12.1 Å². The van der Waals surface area contributed by atoms with Gasteiger partial charge in [0, 0.05) is 36.9 Å². The van der Waals surface area contributed by atoms with Gasteiger partial charge in [0.25, 0.3) is 0 Å². The van der Waals surface area contributed by atoms with Gasteiger partial charge in [-0.2, -0.15) is 0 Å². The van der Waals surface area contributed by atoms with Crippen molar-refractivity contribution in [3.05, 3.63) is 70.0 Å². The Labute approximate surface area is 183 Å². The fourth-order valence-corrected chi connectivity index (χ4v) is 4.48. The number of aryl methyl sites for hydroxylation is 1. The van der Waals surface area contributed by atoms with Crippen LogP contribution in [0.5, 0.6) is 0 Å². The van der Waals surface area contributed by atoms with Crippen molar-refractivity contribution >= 4 is 17.3 Å². The molecule has 0 unspecified atom stereocenters. The lowest BCUT2D eigenvalue weighted by Gasteiger charge is -2.40. The Morgan fingerprint density at radius 3 is 2.37 bits per heavy atom. The fraction of sp³-hybridized carbons (Fsp3) is 0.435. The van der Waals surface area contributed by atoms with Crippen LogP contribution in [0.4, 0.5) is 5.69 Å². The van der Waals surface area contributed by atoms with Crippen molar-refractivity contribution in [3.63, 3.8) is 0 Å². The molecule has 3 aromatic rings. The Hall–Kier alpha value is -2.44. The van der Waals surface area contributed by atoms with E-state index < -0.39 is 0 Å². The number of hydrogen-bond donors (Lipinski definition) is 0. The molecule has 4 rings (SSSR count). The van der Waals surface area contributed by atoms with Gasteiger partial charge in [0.15, 0.2) is 5.82 Å². The molecular weight excluding hydrogens is 396 g/mol. The van der Waals surface area contributed by atoms with Gasteiger partial charge >= 0.3 is 0 Å². The van der Waals surface area contributed by atoms with Gasteiger partial charge in [0.05, 0.1) is 12.1 Å². The molecule has 1 atom stereocenters. The molecule has 0 amide bonds. The highest BCUT2D eigenvalue weighted by Gasteiger charge is 2.32. The van der Waals surface area contributed by atoms with Crippen molar-refractivity contribution in [3.8, 4) is 0 Å². The Kier molecular flexibility index (Phi) is 6.06. The van der Waals surface area contributed by atoms with Gasteiger partial charge in [-0.15, -0.1) is 5.10 Å². The molecule has 1 aliphatic rings. The van der Waals surface area contributed by atoms with Gasteiger partial charge in [-0.05, 0) is 66.9 Å². The lowest BCUT2D eigenvalue weighted by Crippen LogP contribution is -2.48. The predicted molar refractivity (Wildman–Crippen MR) is 121 cm³/mol. The molecule has 1 saturated heterocycles. The van der Waals surface area contributed by atoms with Crippen molar-refractivity contribution in [2.75, 3.05) is 31.1 Å². The molecular formula is C23H29ClN6. The van der Waals surface area contributed by atoms with Crippen LogP contribution < -0.4 is 4.90 Å². The molecule has 1 fully saturated rings. The molecule has 0 spiro atoms. The molecule has 0 radical (unpaired) electrons. The SMILES string of the molecule is Cc1cccc(N2CCN([C@H](c3ccccc3Cl)c3nnnn3C(C)C)CC2)c1C. The lowest BCUT2D eigenvalue weighted by molar-refractivity contribution is 0.199. The second-order valence-electron chi connectivity index (χ2n) is 8.24. The number of hydrogen-bond acceptors (Lipinski definition) is 5. The molecule has 158 valence electrons. The Morgan fingerprint density at radius 1 is 0.933 bits per heavy atom. The normalized spacial score (nSPS) is 16.3. The average Bonchev–Trinajstić information content (AvgIpc) is 3.22. The summed E-state index contributed by atoms with van der Waals surface area (Å²) < 4.78 is 1.91. The second-order valence-corrected chi connectivity index (χ2v) is 8.65. The van der Waals surface area contributed by atoms with Gasteiger partial charge < -0.3 is 4.90 Å². The highest BCUT2D eigenvalue weighted by atomic mass is 35.5. The van der Waals surface area contributed by atoms with Gasteiger partial charge in [-0.1, -0.05) is 41.9 Å². The summed E-state index contributed by atoms with van der Waals surface area (Å²) in [6, 6.07) is 14.7. The first-order chi connectivity index (χ1) is 14.5. The monoisotopic (exact) mass is 424 g/mol. The van der Waals surface area contributed by atoms with Crippen molar-refractivity contribution in [2.24, 2.45) is 0 Å². The summed E-state index contributed by atoms with van der Waals surface area (Å²) in [5, 5.41) is 13.4. The maximum absolute atomic E-state index is 6.63. The Balaban J connectivity index is 1.64. The summed E-state index contributed by atoms with van der Waals surface area (Å²) in [4.78, 5) is 4.93. The van der Waals surface area contributed by atoms with Crippen molar-refractivity contribution in [1.29, 1.82) is 0 Å². The Bertz CT molecular complexity index is 1010. The summed E-state index contributed by atoms with van der Waals surface area (Å²) in [6.07, 6.45) is 0. The van der Waals surface area contributed by atoms with Crippen LogP contribution in [0.2, 0.25) is 5.02 Å². The highest BCUT2D eigenvalue weighted by molar-refractivity contribution is 6.31. The van der Waals surface area contributed by atoms with E-state index in [1.54, 1.807) is 0 Å². The molecule has 0 aliphatic carbocycles. The summed E-state index contributed by atoms with van der Waals surface area (Å²) in [5.74, 6) is 0.846. The summed E-state index contributed by atoms with van der Waals surface area (Å²) in [6.45, 7) is 12.3. The predicted octanol–water partition coefficient (Wildman–Crippen LogP) is 4.44. The lowest BCUT2D eigenvalue weighted by atomic mass is 10.0. The molecule has 6 nitrogen and oxygen atoms in total. The van der Waals surface area contributed by atoms with E-state index in [9.17, 15) is 0 Å². The molecule has 2 aromatic carbocycles. The fourth-order valence-electron chi connectivity index (χ4n) is 4.24. The first-order valence-corrected chi connectivity index (χ1v) is 10.9. The minimum Gasteiger partial charge on any atom is -0.369 e. The van der Waals surface area contributed by atoms with Crippen LogP contribution in [-0.2, 0) is 0 Å². The zero-order valence-corrected chi connectivity index (χ0v) is 18.8. The van der Waals surface area contributed by atoms with Crippen LogP contribution >= 0.6 is 11.6 Å². The standard InChI is InChI=1S/C23H29ClN6/c1-16(2)30-23(25-26-27-30)22(19-9-5-6-10-20(19)24)29-14-12-28(13-15-29)21-11-7-8-17(3)18(21)4/h5-11,16,22H,12-15H2,1-4H3/t22-/m1/s1. The van der Waals surface area contributed by atoms with Gasteiger partial charge in [0.2, 0.25) is 0 Å². The molecule has 7 heteroatoms. The number of aromatic nitrogens is 4. The van der Waals surface area contributed by atoms with Crippen molar-refractivity contribution < 1.29 is 0 Å². The first-order valence-electron chi connectivity index (χ1n) is 10.5. The topological polar surface area (TPSA) is 50.1 Å². The van der Waals surface area contributed by atoms with E-state index in [0.717, 1.165) is 42.6 Å². The molecule has 1 aliphatic heterocycles. The largest absolute Gasteiger partial charge is 0.369 e. The minimum atomic E-state index is -0.0724. The third kappa shape index (κ3) is 3.94. The van der Waals surface area contributed by atoms with Crippen LogP contribution in [0.3, 0.4) is 0 Å². The van der Waals surface area contributed by atoms with Crippen molar-refractivity contribution in [2.45, 2.75) is 39.8 Å². The summed E-state index contributed by atoms with van der Waals surface area (Å²) >= 11 is 6.63. The van der Waals surface area contributed by atoms with E-state index in [0.29, 0.717) is 0 Å². The maximum atomic E-state index is 6.63. The zero-order chi connectivity index (χ0) is 21.3. The molecule has 30 heavy (non-hydrogen) atoms. The number of nitrogens with zero attached hydrogens (tertiary/aromatic N) is 6. The molecule has 0 saturated carbocycles. The third-order valence-corrected chi connectivity index (χ3v) is 6.39. The zero-order valence-electron chi connectivity index (χ0n) is 18.1. The van der Waals surface area contributed by atoms with Crippen LogP contribution in [0, 0.1) is 13.8 Å². The molecule has 0 bridgehead atoms. The first kappa shape index (κ1) is 20.8. The number of tetrazole rings is 1. The number of piperazine rings is 1. The van der Waals surface area contributed by atoms with Crippen LogP contribution in [0.25, 0.3) is 0 Å². The number of anilines is 1. The third-order valence-electron chi connectivity index (χ3n) is 6.05. The second kappa shape index (κ2) is 8.74. The Morgan fingerprint density at radius 2 is 1.67 bits per heavy atom. The van der Waals surface area contributed by atoms with Crippen LogP contribution in [0.15, 0.2) is 42.5 Å². The number of rotatable bonds is 5. The van der Waals surface area contributed by atoms with E-state index in [1.165, 1.54) is 16.8 Å². The van der Waals surface area contributed by atoms with Crippen LogP contribution in [-0.4, -0.2) is 51.3 Å².